The molecule has 0 amide bonds. The summed E-state index contributed by atoms with van der Waals surface area (Å²) < 4.78 is 10.2. The number of hydrogen-bond acceptors (Lipinski definition) is 6. The van der Waals surface area contributed by atoms with Gasteiger partial charge in [0.2, 0.25) is 5.89 Å². The Balaban J connectivity index is 1.92. The molecule has 1 aliphatic carbocycles. The molecule has 6 heteroatoms. The lowest BCUT2D eigenvalue weighted by Crippen LogP contribution is -2.41. The van der Waals surface area contributed by atoms with Crippen LogP contribution in [0.15, 0.2) is 4.52 Å². The SMILES string of the molecule is COCc1noc(C(C)NC2CCCCC2CO)n1. The molecule has 1 fully saturated rings. The Morgan fingerprint density at radius 2 is 2.26 bits per heavy atom. The van der Waals surface area contributed by atoms with Crippen LogP contribution >= 0.6 is 0 Å². The highest BCUT2D eigenvalue weighted by Crippen LogP contribution is 2.26. The van der Waals surface area contributed by atoms with Crippen LogP contribution in [0.2, 0.25) is 0 Å². The van der Waals surface area contributed by atoms with Crippen LogP contribution in [0, 0.1) is 5.92 Å². The van der Waals surface area contributed by atoms with Gasteiger partial charge in [-0.1, -0.05) is 18.0 Å². The van der Waals surface area contributed by atoms with Crippen molar-refractivity contribution < 1.29 is 14.4 Å². The van der Waals surface area contributed by atoms with E-state index in [-0.39, 0.29) is 12.6 Å². The predicted molar refractivity (Wildman–Crippen MR) is 69.4 cm³/mol. The summed E-state index contributed by atoms with van der Waals surface area (Å²) in [4.78, 5) is 4.29. The third-order valence-electron chi connectivity index (χ3n) is 3.74. The fourth-order valence-electron chi connectivity index (χ4n) is 2.67. The summed E-state index contributed by atoms with van der Waals surface area (Å²) in [7, 11) is 1.60. The summed E-state index contributed by atoms with van der Waals surface area (Å²) in [5, 5.41) is 16.8. The quantitative estimate of drug-likeness (QED) is 0.813. The summed E-state index contributed by atoms with van der Waals surface area (Å²) >= 11 is 0. The molecule has 3 atom stereocenters. The van der Waals surface area contributed by atoms with Gasteiger partial charge in [-0.15, -0.1) is 0 Å². The fraction of sp³-hybridized carbons (Fsp3) is 0.846. The van der Waals surface area contributed by atoms with E-state index in [2.05, 4.69) is 15.5 Å². The van der Waals surface area contributed by atoms with Gasteiger partial charge in [0.1, 0.15) is 6.61 Å². The average molecular weight is 269 g/mol. The Morgan fingerprint density at radius 3 is 3.00 bits per heavy atom. The summed E-state index contributed by atoms with van der Waals surface area (Å²) in [5.74, 6) is 1.47. The van der Waals surface area contributed by atoms with E-state index in [1.54, 1.807) is 7.11 Å². The van der Waals surface area contributed by atoms with Crippen molar-refractivity contribution in [3.05, 3.63) is 11.7 Å². The van der Waals surface area contributed by atoms with Crippen LogP contribution in [0.4, 0.5) is 0 Å². The molecule has 0 saturated heterocycles. The summed E-state index contributed by atoms with van der Waals surface area (Å²) in [5.41, 5.74) is 0. The minimum atomic E-state index is -0.00439. The van der Waals surface area contributed by atoms with Crippen molar-refractivity contribution in [3.63, 3.8) is 0 Å². The van der Waals surface area contributed by atoms with Crippen LogP contribution in [-0.2, 0) is 11.3 Å². The van der Waals surface area contributed by atoms with Crippen molar-refractivity contribution >= 4 is 0 Å². The topological polar surface area (TPSA) is 80.4 Å². The Morgan fingerprint density at radius 1 is 1.47 bits per heavy atom. The van der Waals surface area contributed by atoms with Crippen molar-refractivity contribution in [2.45, 2.75) is 51.3 Å². The molecule has 1 heterocycles. The molecule has 0 radical (unpaired) electrons. The van der Waals surface area contributed by atoms with E-state index in [0.717, 1.165) is 12.8 Å². The molecular formula is C13H23N3O3. The number of methoxy groups -OCH3 is 1. The fourth-order valence-corrected chi connectivity index (χ4v) is 2.67. The largest absolute Gasteiger partial charge is 0.396 e. The smallest absolute Gasteiger partial charge is 0.243 e. The molecule has 108 valence electrons. The number of aromatic nitrogens is 2. The second-order valence-electron chi connectivity index (χ2n) is 5.20. The van der Waals surface area contributed by atoms with Gasteiger partial charge in [-0.3, -0.25) is 0 Å². The van der Waals surface area contributed by atoms with Crippen molar-refractivity contribution in [1.29, 1.82) is 0 Å². The first-order valence-corrected chi connectivity index (χ1v) is 6.93. The molecule has 19 heavy (non-hydrogen) atoms. The van der Waals surface area contributed by atoms with Gasteiger partial charge in [-0.25, -0.2) is 0 Å². The van der Waals surface area contributed by atoms with E-state index in [4.69, 9.17) is 9.26 Å². The lowest BCUT2D eigenvalue weighted by atomic mass is 9.84. The first-order valence-electron chi connectivity index (χ1n) is 6.93. The van der Waals surface area contributed by atoms with E-state index >= 15 is 0 Å². The van der Waals surface area contributed by atoms with Gasteiger partial charge < -0.3 is 19.7 Å². The number of aliphatic hydroxyl groups is 1. The zero-order valence-electron chi connectivity index (χ0n) is 11.6. The summed E-state index contributed by atoms with van der Waals surface area (Å²) in [6, 6.07) is 0.321. The Kier molecular flexibility index (Phi) is 5.30. The molecule has 0 aliphatic heterocycles. The number of aliphatic hydroxyl groups excluding tert-OH is 1. The van der Waals surface area contributed by atoms with Gasteiger partial charge in [-0.05, 0) is 25.7 Å². The molecule has 0 spiro atoms. The van der Waals surface area contributed by atoms with E-state index in [0.29, 0.717) is 30.3 Å². The summed E-state index contributed by atoms with van der Waals surface area (Å²) in [6.07, 6.45) is 4.59. The van der Waals surface area contributed by atoms with Crippen LogP contribution in [0.25, 0.3) is 0 Å². The molecule has 1 aromatic rings. The maximum absolute atomic E-state index is 9.41. The minimum Gasteiger partial charge on any atom is -0.396 e. The van der Waals surface area contributed by atoms with Crippen LogP contribution in [0.1, 0.15) is 50.4 Å². The predicted octanol–water partition coefficient (Wildman–Crippen LogP) is 1.42. The molecule has 1 saturated carbocycles. The van der Waals surface area contributed by atoms with Crippen molar-refractivity contribution in [2.24, 2.45) is 5.92 Å². The van der Waals surface area contributed by atoms with Gasteiger partial charge in [0, 0.05) is 19.8 Å². The van der Waals surface area contributed by atoms with Gasteiger partial charge in [0.25, 0.3) is 0 Å². The second kappa shape index (κ2) is 6.98. The number of ether oxygens (including phenoxy) is 1. The average Bonchev–Trinajstić information content (AvgIpc) is 2.88. The van der Waals surface area contributed by atoms with Crippen LogP contribution < -0.4 is 5.32 Å². The van der Waals surface area contributed by atoms with E-state index in [1.807, 2.05) is 6.92 Å². The standard InChI is InChI=1S/C13H23N3O3/c1-9(13-15-12(8-18-2)16-19-13)14-11-6-4-3-5-10(11)7-17/h9-11,14,17H,3-8H2,1-2H3. The number of nitrogens with zero attached hydrogens (tertiary/aromatic N) is 2. The monoisotopic (exact) mass is 269 g/mol. The molecule has 2 N–H and O–H groups in total. The molecule has 1 aliphatic rings. The lowest BCUT2D eigenvalue weighted by Gasteiger charge is -2.32. The number of hydrogen-bond donors (Lipinski definition) is 2. The van der Waals surface area contributed by atoms with Gasteiger partial charge in [0.05, 0.1) is 6.04 Å². The number of nitrogens with one attached hydrogen (secondary N) is 1. The Hall–Kier alpha value is -0.980. The van der Waals surface area contributed by atoms with Crippen molar-refractivity contribution in [2.75, 3.05) is 13.7 Å². The molecule has 3 unspecified atom stereocenters. The Labute approximate surface area is 113 Å². The van der Waals surface area contributed by atoms with Gasteiger partial charge in [-0.2, -0.15) is 4.98 Å². The lowest BCUT2D eigenvalue weighted by molar-refractivity contribution is 0.143. The second-order valence-corrected chi connectivity index (χ2v) is 5.20. The molecule has 0 bridgehead atoms. The molecule has 1 aromatic heterocycles. The summed E-state index contributed by atoms with van der Waals surface area (Å²) in [6.45, 7) is 2.61. The van der Waals surface area contributed by atoms with Crippen molar-refractivity contribution in [3.8, 4) is 0 Å². The molecular weight excluding hydrogens is 246 g/mol. The first kappa shape index (κ1) is 14.4. The van der Waals surface area contributed by atoms with Gasteiger partial charge in [0.15, 0.2) is 5.82 Å². The van der Waals surface area contributed by atoms with E-state index in [1.165, 1.54) is 12.8 Å². The minimum absolute atomic E-state index is 0.00439. The highest BCUT2D eigenvalue weighted by atomic mass is 16.5. The first-order chi connectivity index (χ1) is 9.24. The normalized spacial score (nSPS) is 25.4. The Bertz CT molecular complexity index is 383. The maximum Gasteiger partial charge on any atom is 0.243 e. The van der Waals surface area contributed by atoms with Crippen molar-refractivity contribution in [1.82, 2.24) is 15.5 Å². The van der Waals surface area contributed by atoms with Gasteiger partial charge >= 0.3 is 0 Å². The highest BCUT2D eigenvalue weighted by Gasteiger charge is 2.27. The highest BCUT2D eigenvalue weighted by molar-refractivity contribution is 4.93. The van der Waals surface area contributed by atoms with E-state index < -0.39 is 0 Å². The van der Waals surface area contributed by atoms with E-state index in [9.17, 15) is 5.11 Å². The molecule has 2 rings (SSSR count). The third-order valence-corrected chi connectivity index (χ3v) is 3.74. The van der Waals surface area contributed by atoms with Crippen LogP contribution in [0.5, 0.6) is 0 Å². The third kappa shape index (κ3) is 3.75. The number of rotatable bonds is 6. The maximum atomic E-state index is 9.41. The molecule has 6 nitrogen and oxygen atoms in total. The zero-order chi connectivity index (χ0) is 13.7. The molecule has 0 aromatic carbocycles. The van der Waals surface area contributed by atoms with Crippen LogP contribution in [0.3, 0.4) is 0 Å². The zero-order valence-corrected chi connectivity index (χ0v) is 11.6. The van der Waals surface area contributed by atoms with Crippen LogP contribution in [-0.4, -0.2) is 35.0 Å².